The van der Waals surface area contributed by atoms with Gasteiger partial charge >= 0.3 is 0 Å². The van der Waals surface area contributed by atoms with Crippen molar-refractivity contribution in [1.29, 1.82) is 0 Å². The third kappa shape index (κ3) is 5.71. The number of rotatable bonds is 7. The zero-order chi connectivity index (χ0) is 12.7. The van der Waals surface area contributed by atoms with Gasteiger partial charge in [-0.2, -0.15) is 0 Å². The van der Waals surface area contributed by atoms with Crippen molar-refractivity contribution in [2.24, 2.45) is 0 Å². The summed E-state index contributed by atoms with van der Waals surface area (Å²) in [4.78, 5) is 4.35. The van der Waals surface area contributed by atoms with Crippen LogP contribution in [0, 0.1) is 0 Å². The van der Waals surface area contributed by atoms with Crippen LogP contribution in [-0.4, -0.2) is 46.2 Å². The van der Waals surface area contributed by atoms with Crippen LogP contribution < -0.4 is 10.2 Å². The number of anilines is 1. The Morgan fingerprint density at radius 3 is 2.53 bits per heavy atom. The lowest BCUT2D eigenvalue weighted by Gasteiger charge is -2.14. The number of hydrogen-bond donors (Lipinski definition) is 1. The smallest absolute Gasteiger partial charge is 0.0364 e. The highest BCUT2D eigenvalue weighted by molar-refractivity contribution is 5.47. The fraction of sp³-hybridized carbons (Fsp3) is 0.571. The van der Waals surface area contributed by atoms with E-state index in [9.17, 15) is 0 Å². The summed E-state index contributed by atoms with van der Waals surface area (Å²) in [6.45, 7) is 3.17. The van der Waals surface area contributed by atoms with Gasteiger partial charge in [0.05, 0.1) is 0 Å². The molecule has 17 heavy (non-hydrogen) atoms. The van der Waals surface area contributed by atoms with Crippen molar-refractivity contribution < 1.29 is 0 Å². The van der Waals surface area contributed by atoms with Crippen LogP contribution in [0.2, 0.25) is 0 Å². The maximum Gasteiger partial charge on any atom is 0.0364 e. The van der Waals surface area contributed by atoms with Crippen LogP contribution in [0.15, 0.2) is 24.3 Å². The van der Waals surface area contributed by atoms with Gasteiger partial charge in [0.25, 0.3) is 0 Å². The predicted molar refractivity (Wildman–Crippen MR) is 75.6 cm³/mol. The van der Waals surface area contributed by atoms with Gasteiger partial charge in [0.2, 0.25) is 0 Å². The molecule has 1 aromatic carbocycles. The van der Waals surface area contributed by atoms with E-state index in [-0.39, 0.29) is 0 Å². The molecule has 3 nitrogen and oxygen atoms in total. The van der Waals surface area contributed by atoms with Gasteiger partial charge in [-0.05, 0) is 51.3 Å². The Morgan fingerprint density at radius 2 is 1.88 bits per heavy atom. The normalized spacial score (nSPS) is 10.9. The molecular formula is C14H25N3. The van der Waals surface area contributed by atoms with E-state index in [0.717, 1.165) is 19.6 Å². The molecule has 96 valence electrons. The molecule has 0 unspecified atom stereocenters. The lowest BCUT2D eigenvalue weighted by atomic mass is 10.2. The minimum atomic E-state index is 0.953. The Bertz CT molecular complexity index is 321. The molecule has 0 aromatic heterocycles. The fourth-order valence-electron chi connectivity index (χ4n) is 1.70. The van der Waals surface area contributed by atoms with Crippen LogP contribution in [0.4, 0.5) is 5.69 Å². The predicted octanol–water partition coefficient (Wildman–Crippen LogP) is 1.79. The third-order valence-electron chi connectivity index (χ3n) is 2.71. The van der Waals surface area contributed by atoms with Gasteiger partial charge in [-0.25, -0.2) is 0 Å². The van der Waals surface area contributed by atoms with E-state index in [2.05, 4.69) is 67.6 Å². The first-order valence-corrected chi connectivity index (χ1v) is 6.21. The molecule has 0 bridgehead atoms. The van der Waals surface area contributed by atoms with Crippen molar-refractivity contribution in [3.8, 4) is 0 Å². The van der Waals surface area contributed by atoms with Crippen LogP contribution in [0.25, 0.3) is 0 Å². The maximum atomic E-state index is 3.48. The molecule has 0 aliphatic carbocycles. The Balaban J connectivity index is 2.29. The average molecular weight is 235 g/mol. The molecule has 0 atom stereocenters. The molecule has 0 heterocycles. The highest BCUT2D eigenvalue weighted by Gasteiger charge is 1.97. The average Bonchev–Trinajstić information content (AvgIpc) is 2.28. The molecule has 0 fully saturated rings. The largest absolute Gasteiger partial charge is 0.378 e. The standard InChI is InChI=1S/C14H25N3/c1-16(2)10-6-9-15-12-13-7-5-8-14(11-13)17(3)4/h5,7-8,11,15H,6,9-10,12H2,1-4H3. The number of nitrogens with one attached hydrogen (secondary N) is 1. The van der Waals surface area contributed by atoms with E-state index in [0.29, 0.717) is 0 Å². The first-order valence-electron chi connectivity index (χ1n) is 6.21. The van der Waals surface area contributed by atoms with Crippen molar-refractivity contribution in [3.05, 3.63) is 29.8 Å². The molecule has 1 aromatic rings. The van der Waals surface area contributed by atoms with E-state index < -0.39 is 0 Å². The van der Waals surface area contributed by atoms with E-state index in [1.807, 2.05) is 0 Å². The Morgan fingerprint density at radius 1 is 1.12 bits per heavy atom. The van der Waals surface area contributed by atoms with Crippen LogP contribution in [-0.2, 0) is 6.54 Å². The minimum Gasteiger partial charge on any atom is -0.378 e. The Hall–Kier alpha value is -1.06. The summed E-state index contributed by atoms with van der Waals surface area (Å²) in [5, 5.41) is 3.48. The van der Waals surface area contributed by atoms with Crippen molar-refractivity contribution in [2.75, 3.05) is 46.2 Å². The van der Waals surface area contributed by atoms with E-state index >= 15 is 0 Å². The summed E-state index contributed by atoms with van der Waals surface area (Å²) in [6, 6.07) is 8.66. The Labute approximate surface area is 105 Å². The number of benzene rings is 1. The lowest BCUT2D eigenvalue weighted by Crippen LogP contribution is -2.21. The van der Waals surface area contributed by atoms with E-state index in [4.69, 9.17) is 0 Å². The third-order valence-corrected chi connectivity index (χ3v) is 2.71. The van der Waals surface area contributed by atoms with E-state index in [1.165, 1.54) is 17.7 Å². The first-order chi connectivity index (χ1) is 8.09. The number of hydrogen-bond acceptors (Lipinski definition) is 3. The Kier molecular flexibility index (Phi) is 6.01. The van der Waals surface area contributed by atoms with Crippen LogP contribution >= 0.6 is 0 Å². The van der Waals surface area contributed by atoms with Gasteiger partial charge in [0.15, 0.2) is 0 Å². The molecule has 0 saturated heterocycles. The van der Waals surface area contributed by atoms with Gasteiger partial charge in [-0.3, -0.25) is 0 Å². The fourth-order valence-corrected chi connectivity index (χ4v) is 1.70. The minimum absolute atomic E-state index is 0.953. The lowest BCUT2D eigenvalue weighted by molar-refractivity contribution is 0.394. The topological polar surface area (TPSA) is 18.5 Å². The molecule has 1 N–H and O–H groups in total. The summed E-state index contributed by atoms with van der Waals surface area (Å²) < 4.78 is 0. The molecule has 0 amide bonds. The summed E-state index contributed by atoms with van der Waals surface area (Å²) >= 11 is 0. The highest BCUT2D eigenvalue weighted by atomic mass is 15.1. The summed E-state index contributed by atoms with van der Waals surface area (Å²) in [5.41, 5.74) is 2.61. The first kappa shape index (κ1) is 14.0. The molecular weight excluding hydrogens is 210 g/mol. The van der Waals surface area contributed by atoms with Gasteiger partial charge < -0.3 is 15.1 Å². The summed E-state index contributed by atoms with van der Waals surface area (Å²) in [5.74, 6) is 0. The quantitative estimate of drug-likeness (QED) is 0.727. The van der Waals surface area contributed by atoms with Gasteiger partial charge in [0, 0.05) is 26.3 Å². The van der Waals surface area contributed by atoms with Crippen molar-refractivity contribution >= 4 is 5.69 Å². The maximum absolute atomic E-state index is 3.48. The molecule has 0 radical (unpaired) electrons. The second-order valence-corrected chi connectivity index (χ2v) is 4.90. The van der Waals surface area contributed by atoms with E-state index in [1.54, 1.807) is 0 Å². The second kappa shape index (κ2) is 7.30. The van der Waals surface area contributed by atoms with Gasteiger partial charge in [-0.1, -0.05) is 12.1 Å². The molecule has 0 spiro atoms. The van der Waals surface area contributed by atoms with Crippen molar-refractivity contribution in [2.45, 2.75) is 13.0 Å². The molecule has 1 rings (SSSR count). The van der Waals surface area contributed by atoms with Crippen LogP contribution in [0.3, 0.4) is 0 Å². The second-order valence-electron chi connectivity index (χ2n) is 4.90. The molecule has 0 saturated carbocycles. The number of nitrogens with zero attached hydrogens (tertiary/aromatic N) is 2. The van der Waals surface area contributed by atoms with Crippen molar-refractivity contribution in [1.82, 2.24) is 10.2 Å². The SMILES string of the molecule is CN(C)CCCNCc1cccc(N(C)C)c1. The monoisotopic (exact) mass is 235 g/mol. The molecule has 0 aliphatic heterocycles. The van der Waals surface area contributed by atoms with Gasteiger partial charge in [0.1, 0.15) is 0 Å². The van der Waals surface area contributed by atoms with Crippen LogP contribution in [0.5, 0.6) is 0 Å². The molecule has 3 heteroatoms. The summed E-state index contributed by atoms with van der Waals surface area (Å²) in [7, 11) is 8.37. The molecule has 0 aliphatic rings. The zero-order valence-electron chi connectivity index (χ0n) is 11.5. The van der Waals surface area contributed by atoms with Gasteiger partial charge in [-0.15, -0.1) is 0 Å². The van der Waals surface area contributed by atoms with Crippen LogP contribution in [0.1, 0.15) is 12.0 Å². The van der Waals surface area contributed by atoms with Crippen molar-refractivity contribution in [3.63, 3.8) is 0 Å². The zero-order valence-corrected chi connectivity index (χ0v) is 11.5. The highest BCUT2D eigenvalue weighted by Crippen LogP contribution is 2.12. The summed E-state index contributed by atoms with van der Waals surface area (Å²) in [6.07, 6.45) is 1.19.